The fourth-order valence-electron chi connectivity index (χ4n) is 4.89. The Balaban J connectivity index is 1.42. The van der Waals surface area contributed by atoms with Crippen LogP contribution in [-0.2, 0) is 26.1 Å². The first-order valence-corrected chi connectivity index (χ1v) is 12.0. The van der Waals surface area contributed by atoms with Crippen LogP contribution in [0.2, 0.25) is 0 Å². The summed E-state index contributed by atoms with van der Waals surface area (Å²) in [4.78, 5) is 17.2. The molecule has 1 saturated heterocycles. The number of anilines is 2. The van der Waals surface area contributed by atoms with Crippen LogP contribution in [0.1, 0.15) is 41.6 Å². The molecule has 0 spiro atoms. The van der Waals surface area contributed by atoms with Gasteiger partial charge in [-0.25, -0.2) is 9.37 Å². The van der Waals surface area contributed by atoms with Crippen LogP contribution in [0.3, 0.4) is 0 Å². The fourth-order valence-corrected chi connectivity index (χ4v) is 4.89. The molecule has 0 bridgehead atoms. The van der Waals surface area contributed by atoms with E-state index in [9.17, 15) is 4.39 Å². The van der Waals surface area contributed by atoms with E-state index in [1.165, 1.54) is 36.1 Å². The number of rotatable bonds is 6. The van der Waals surface area contributed by atoms with Crippen molar-refractivity contribution in [2.45, 2.75) is 45.3 Å². The molecule has 5 rings (SSSR count). The quantitative estimate of drug-likeness (QED) is 0.545. The fraction of sp³-hybridized carbons (Fsp3) is 0.407. The van der Waals surface area contributed by atoms with E-state index in [0.717, 1.165) is 63.0 Å². The normalized spacial score (nSPS) is 16.5. The van der Waals surface area contributed by atoms with Gasteiger partial charge < -0.3 is 9.80 Å². The molecule has 2 aliphatic rings. The molecule has 3 aromatic rings. The van der Waals surface area contributed by atoms with Gasteiger partial charge in [-0.15, -0.1) is 0 Å². The minimum absolute atomic E-state index is 0.185. The maximum absolute atomic E-state index is 13.3. The third-order valence-electron chi connectivity index (χ3n) is 6.68. The Morgan fingerprint density at radius 2 is 1.64 bits per heavy atom. The predicted octanol–water partition coefficient (Wildman–Crippen LogP) is 4.80. The molecule has 5 nitrogen and oxygen atoms in total. The largest absolute Gasteiger partial charge is 0.356 e. The molecule has 0 saturated carbocycles. The number of benzene rings is 2. The standard InChI is InChI=1S/C27H32FN5/c1-31(18-21-8-4-2-5-9-21)27-29-25-14-17-32(19-22-10-12-23(28)13-11-22)20-24(25)26(30-27)33-15-6-3-7-16-33/h2,4-5,8-13H,3,6-7,14-20H2,1H3. The van der Waals surface area contributed by atoms with E-state index >= 15 is 0 Å². The van der Waals surface area contributed by atoms with Crippen LogP contribution < -0.4 is 9.80 Å². The number of hydrogen-bond acceptors (Lipinski definition) is 5. The molecular weight excluding hydrogens is 413 g/mol. The van der Waals surface area contributed by atoms with Gasteiger partial charge in [0, 0.05) is 58.3 Å². The minimum atomic E-state index is -0.185. The van der Waals surface area contributed by atoms with Crippen molar-refractivity contribution in [2.75, 3.05) is 36.5 Å². The van der Waals surface area contributed by atoms with Gasteiger partial charge in [-0.2, -0.15) is 4.98 Å². The molecular formula is C27H32FN5. The van der Waals surface area contributed by atoms with Gasteiger partial charge in [0.25, 0.3) is 0 Å². The van der Waals surface area contributed by atoms with Gasteiger partial charge in [-0.3, -0.25) is 4.90 Å². The SMILES string of the molecule is CN(Cc1ccccc1)c1nc2c(c(N3CCCCC3)n1)CN(Cc1ccc(F)cc1)CC2. The summed E-state index contributed by atoms with van der Waals surface area (Å²) in [6.45, 7) is 5.50. The van der Waals surface area contributed by atoms with Gasteiger partial charge in [-0.05, 0) is 42.5 Å². The van der Waals surface area contributed by atoms with Crippen LogP contribution in [0.15, 0.2) is 54.6 Å². The molecule has 6 heteroatoms. The van der Waals surface area contributed by atoms with Crippen LogP contribution in [0.5, 0.6) is 0 Å². The van der Waals surface area contributed by atoms with Crippen LogP contribution in [0.4, 0.5) is 16.2 Å². The van der Waals surface area contributed by atoms with E-state index in [0.29, 0.717) is 0 Å². The smallest absolute Gasteiger partial charge is 0.227 e. The lowest BCUT2D eigenvalue weighted by Crippen LogP contribution is -2.37. The van der Waals surface area contributed by atoms with Crippen molar-refractivity contribution in [2.24, 2.45) is 0 Å². The van der Waals surface area contributed by atoms with Gasteiger partial charge in [0.1, 0.15) is 11.6 Å². The first-order chi connectivity index (χ1) is 16.2. The second-order valence-corrected chi connectivity index (χ2v) is 9.25. The number of nitrogens with zero attached hydrogens (tertiary/aromatic N) is 5. The lowest BCUT2D eigenvalue weighted by Gasteiger charge is -2.35. The summed E-state index contributed by atoms with van der Waals surface area (Å²) in [5, 5.41) is 0. The van der Waals surface area contributed by atoms with E-state index < -0.39 is 0 Å². The highest BCUT2D eigenvalue weighted by Gasteiger charge is 2.27. The number of fused-ring (bicyclic) bond motifs is 1. The molecule has 2 aliphatic heterocycles. The van der Waals surface area contributed by atoms with Crippen molar-refractivity contribution < 1.29 is 4.39 Å². The van der Waals surface area contributed by atoms with Crippen LogP contribution >= 0.6 is 0 Å². The Bertz CT molecular complexity index is 1060. The Morgan fingerprint density at radius 3 is 2.39 bits per heavy atom. The second kappa shape index (κ2) is 9.87. The summed E-state index contributed by atoms with van der Waals surface area (Å²) in [7, 11) is 2.08. The van der Waals surface area contributed by atoms with Gasteiger partial charge >= 0.3 is 0 Å². The molecule has 0 N–H and O–H groups in total. The lowest BCUT2D eigenvalue weighted by molar-refractivity contribution is 0.243. The molecule has 172 valence electrons. The average Bonchev–Trinajstić information content (AvgIpc) is 2.86. The van der Waals surface area contributed by atoms with Crippen molar-refractivity contribution in [3.05, 3.63) is 82.8 Å². The van der Waals surface area contributed by atoms with Gasteiger partial charge in [0.05, 0.1) is 5.69 Å². The molecule has 33 heavy (non-hydrogen) atoms. The Labute approximate surface area is 195 Å². The average molecular weight is 446 g/mol. The number of aromatic nitrogens is 2. The third kappa shape index (κ3) is 5.17. The molecule has 0 radical (unpaired) electrons. The van der Waals surface area contributed by atoms with Crippen LogP contribution in [-0.4, -0.2) is 41.5 Å². The number of halogens is 1. The van der Waals surface area contributed by atoms with Crippen molar-refractivity contribution in [1.82, 2.24) is 14.9 Å². The molecule has 3 heterocycles. The van der Waals surface area contributed by atoms with E-state index in [-0.39, 0.29) is 5.82 Å². The van der Waals surface area contributed by atoms with E-state index in [4.69, 9.17) is 9.97 Å². The molecule has 0 amide bonds. The highest BCUT2D eigenvalue weighted by Crippen LogP contribution is 2.31. The zero-order valence-corrected chi connectivity index (χ0v) is 19.4. The molecule has 2 aromatic carbocycles. The summed E-state index contributed by atoms with van der Waals surface area (Å²) < 4.78 is 13.3. The number of piperidine rings is 1. The highest BCUT2D eigenvalue weighted by atomic mass is 19.1. The topological polar surface area (TPSA) is 35.5 Å². The lowest BCUT2D eigenvalue weighted by atomic mass is 10.0. The summed E-state index contributed by atoms with van der Waals surface area (Å²) in [5.41, 5.74) is 4.84. The van der Waals surface area contributed by atoms with Gasteiger partial charge in [0.2, 0.25) is 5.95 Å². The first kappa shape index (κ1) is 21.8. The summed E-state index contributed by atoms with van der Waals surface area (Å²) in [6.07, 6.45) is 4.63. The zero-order valence-electron chi connectivity index (χ0n) is 19.4. The van der Waals surface area contributed by atoms with Crippen molar-refractivity contribution in [3.8, 4) is 0 Å². The molecule has 0 aliphatic carbocycles. The second-order valence-electron chi connectivity index (χ2n) is 9.25. The minimum Gasteiger partial charge on any atom is -0.356 e. The predicted molar refractivity (Wildman–Crippen MR) is 131 cm³/mol. The zero-order chi connectivity index (χ0) is 22.6. The molecule has 0 atom stereocenters. The number of hydrogen-bond donors (Lipinski definition) is 0. The summed E-state index contributed by atoms with van der Waals surface area (Å²) in [6, 6.07) is 17.3. The first-order valence-electron chi connectivity index (χ1n) is 12.0. The summed E-state index contributed by atoms with van der Waals surface area (Å²) in [5.74, 6) is 1.74. The van der Waals surface area contributed by atoms with Crippen LogP contribution in [0, 0.1) is 5.82 Å². The molecule has 0 unspecified atom stereocenters. The van der Waals surface area contributed by atoms with Gasteiger partial charge in [-0.1, -0.05) is 42.5 Å². The molecule has 1 fully saturated rings. The summed E-state index contributed by atoms with van der Waals surface area (Å²) >= 11 is 0. The van der Waals surface area contributed by atoms with Crippen molar-refractivity contribution >= 4 is 11.8 Å². The van der Waals surface area contributed by atoms with Crippen molar-refractivity contribution in [3.63, 3.8) is 0 Å². The van der Waals surface area contributed by atoms with Gasteiger partial charge in [0.15, 0.2) is 0 Å². The van der Waals surface area contributed by atoms with E-state index in [1.54, 1.807) is 12.1 Å². The van der Waals surface area contributed by atoms with Crippen molar-refractivity contribution in [1.29, 1.82) is 0 Å². The third-order valence-corrected chi connectivity index (χ3v) is 6.68. The maximum atomic E-state index is 13.3. The Kier molecular flexibility index (Phi) is 6.53. The van der Waals surface area contributed by atoms with E-state index in [2.05, 4.69) is 46.0 Å². The van der Waals surface area contributed by atoms with E-state index in [1.807, 2.05) is 18.2 Å². The maximum Gasteiger partial charge on any atom is 0.227 e. The highest BCUT2D eigenvalue weighted by molar-refractivity contribution is 5.54. The Morgan fingerprint density at radius 1 is 0.879 bits per heavy atom. The Hall–Kier alpha value is -2.99. The van der Waals surface area contributed by atoms with Crippen LogP contribution in [0.25, 0.3) is 0 Å². The monoisotopic (exact) mass is 445 g/mol. The molecule has 1 aromatic heterocycles.